The Labute approximate surface area is 131 Å². The Morgan fingerprint density at radius 1 is 1.09 bits per heavy atom. The fourth-order valence-corrected chi connectivity index (χ4v) is 2.01. The van der Waals surface area contributed by atoms with Crippen molar-refractivity contribution in [2.24, 2.45) is 0 Å². The predicted molar refractivity (Wildman–Crippen MR) is 84.9 cm³/mol. The van der Waals surface area contributed by atoms with Crippen LogP contribution in [-0.4, -0.2) is 25.1 Å². The first-order valence-electron chi connectivity index (χ1n) is 6.76. The number of nitrogens with one attached hydrogen (secondary N) is 1. The monoisotopic (exact) mass is 308 g/mol. The second kappa shape index (κ2) is 6.48. The molecule has 1 aromatic heterocycles. The summed E-state index contributed by atoms with van der Waals surface area (Å²) in [5.41, 5.74) is 1.22. The molecule has 8 heteroatoms. The Kier molecular flexibility index (Phi) is 4.05. The largest absolute Gasteiger partial charge is 0.356 e. The fourth-order valence-electron chi connectivity index (χ4n) is 2.01. The van der Waals surface area contributed by atoms with Crippen molar-refractivity contribution in [3.05, 3.63) is 76.7 Å². The maximum atomic E-state index is 11.0. The van der Waals surface area contributed by atoms with Crippen LogP contribution in [0.5, 0.6) is 0 Å². The van der Waals surface area contributed by atoms with Crippen LogP contribution in [0.4, 0.5) is 11.4 Å². The van der Waals surface area contributed by atoms with Gasteiger partial charge in [0, 0.05) is 18.3 Å². The number of anilines is 1. The van der Waals surface area contributed by atoms with E-state index in [1.54, 1.807) is 35.2 Å². The van der Waals surface area contributed by atoms with E-state index in [1.165, 1.54) is 6.07 Å². The molecule has 0 saturated carbocycles. The molecule has 0 radical (unpaired) electrons. The Bertz CT molecular complexity index is 844. The molecule has 0 bridgehead atoms. The zero-order valence-corrected chi connectivity index (χ0v) is 11.9. The van der Waals surface area contributed by atoms with E-state index < -0.39 is 4.92 Å². The molecule has 0 aliphatic rings. The van der Waals surface area contributed by atoms with E-state index in [0.29, 0.717) is 11.5 Å². The van der Waals surface area contributed by atoms with Crippen LogP contribution in [0.25, 0.3) is 11.8 Å². The van der Waals surface area contributed by atoms with Crippen molar-refractivity contribution in [1.29, 1.82) is 0 Å². The molecule has 0 saturated heterocycles. The number of nitrogens with zero attached hydrogens (tertiary/aromatic N) is 5. The van der Waals surface area contributed by atoms with E-state index in [4.69, 9.17) is 0 Å². The van der Waals surface area contributed by atoms with Crippen LogP contribution in [0.15, 0.2) is 60.8 Å². The first kappa shape index (κ1) is 14.4. The van der Waals surface area contributed by atoms with Gasteiger partial charge in [-0.3, -0.25) is 10.1 Å². The molecule has 0 spiro atoms. The minimum Gasteiger partial charge on any atom is -0.356 e. The summed E-state index contributed by atoms with van der Waals surface area (Å²) in [5.74, 6) is 0.502. The maximum Gasteiger partial charge on any atom is 0.292 e. The van der Waals surface area contributed by atoms with Gasteiger partial charge in [-0.15, -0.1) is 5.10 Å². The van der Waals surface area contributed by atoms with Gasteiger partial charge in [-0.1, -0.05) is 30.3 Å². The lowest BCUT2D eigenvalue weighted by Gasteiger charge is -2.02. The number of hydrogen-bond donors (Lipinski definition) is 1. The number of nitro benzene ring substituents is 1. The van der Waals surface area contributed by atoms with Gasteiger partial charge < -0.3 is 5.32 Å². The highest BCUT2D eigenvalue weighted by atomic mass is 16.6. The van der Waals surface area contributed by atoms with Crippen LogP contribution in [0, 0.1) is 10.1 Å². The van der Waals surface area contributed by atoms with Gasteiger partial charge >= 0.3 is 0 Å². The van der Waals surface area contributed by atoms with E-state index >= 15 is 0 Å². The molecule has 3 rings (SSSR count). The van der Waals surface area contributed by atoms with Gasteiger partial charge in [0.25, 0.3) is 5.69 Å². The van der Waals surface area contributed by atoms with Crippen molar-refractivity contribution >= 4 is 17.5 Å². The summed E-state index contributed by atoms with van der Waals surface area (Å²) in [6.07, 6.45) is 3.21. The van der Waals surface area contributed by atoms with Gasteiger partial charge in [-0.25, -0.2) is 0 Å². The molecule has 114 valence electrons. The average molecular weight is 308 g/mol. The van der Waals surface area contributed by atoms with Gasteiger partial charge in [0.05, 0.1) is 10.6 Å². The fraction of sp³-hybridized carbons (Fsp3) is 0. The first-order valence-corrected chi connectivity index (χ1v) is 6.76. The molecular weight excluding hydrogens is 296 g/mol. The van der Waals surface area contributed by atoms with Crippen molar-refractivity contribution in [3.63, 3.8) is 0 Å². The van der Waals surface area contributed by atoms with E-state index in [2.05, 4.69) is 20.8 Å². The Morgan fingerprint density at radius 2 is 1.83 bits per heavy atom. The van der Waals surface area contributed by atoms with Gasteiger partial charge in [0.1, 0.15) is 5.69 Å². The third-order valence-corrected chi connectivity index (χ3v) is 3.07. The molecule has 1 N–H and O–H groups in total. The third-order valence-electron chi connectivity index (χ3n) is 3.07. The van der Waals surface area contributed by atoms with E-state index in [0.717, 1.165) is 5.69 Å². The van der Waals surface area contributed by atoms with Crippen molar-refractivity contribution < 1.29 is 4.92 Å². The molecule has 0 aliphatic carbocycles. The van der Waals surface area contributed by atoms with Crippen molar-refractivity contribution in [2.75, 3.05) is 5.32 Å². The van der Waals surface area contributed by atoms with Gasteiger partial charge in [0.2, 0.25) is 0 Å². The Morgan fingerprint density at radius 3 is 2.61 bits per heavy atom. The van der Waals surface area contributed by atoms with Crippen LogP contribution >= 0.6 is 0 Å². The highest BCUT2D eigenvalue weighted by molar-refractivity contribution is 5.64. The molecule has 23 heavy (non-hydrogen) atoms. The van der Waals surface area contributed by atoms with Crippen LogP contribution < -0.4 is 5.32 Å². The highest BCUT2D eigenvalue weighted by Crippen LogP contribution is 2.23. The average Bonchev–Trinajstić information content (AvgIpc) is 3.04. The molecule has 2 aromatic carbocycles. The van der Waals surface area contributed by atoms with Gasteiger partial charge in [-0.2, -0.15) is 4.68 Å². The lowest BCUT2D eigenvalue weighted by molar-refractivity contribution is -0.383. The smallest absolute Gasteiger partial charge is 0.292 e. The second-order valence-electron chi connectivity index (χ2n) is 4.54. The lowest BCUT2D eigenvalue weighted by Crippen LogP contribution is -2.00. The standard InChI is InChI=1S/C15H12N6O2/c22-21(23)14-9-5-4-8-13(14)16-11-10-15-17-18-19-20(15)12-6-2-1-3-7-12/h1-11,16H/b11-10-. The summed E-state index contributed by atoms with van der Waals surface area (Å²) in [6.45, 7) is 0. The topological polar surface area (TPSA) is 98.8 Å². The first-order chi connectivity index (χ1) is 11.3. The third kappa shape index (κ3) is 3.21. The van der Waals surface area contributed by atoms with Crippen LogP contribution in [-0.2, 0) is 0 Å². The molecule has 0 fully saturated rings. The SMILES string of the molecule is O=[N+]([O-])c1ccccc1N/C=C\c1nnnn1-c1ccccc1. The molecular formula is C15H12N6O2. The van der Waals surface area contributed by atoms with E-state index in [-0.39, 0.29) is 5.69 Å². The summed E-state index contributed by atoms with van der Waals surface area (Å²) in [5, 5.41) is 25.3. The van der Waals surface area contributed by atoms with Gasteiger partial charge in [-0.05, 0) is 28.6 Å². The van der Waals surface area contributed by atoms with E-state index in [9.17, 15) is 10.1 Å². The summed E-state index contributed by atoms with van der Waals surface area (Å²) in [4.78, 5) is 10.5. The Hall–Kier alpha value is -3.55. The zero-order chi connectivity index (χ0) is 16.1. The quantitative estimate of drug-likeness (QED) is 0.574. The normalized spacial score (nSPS) is 10.8. The summed E-state index contributed by atoms with van der Waals surface area (Å²) in [6, 6.07) is 15.8. The van der Waals surface area contributed by atoms with Crippen molar-refractivity contribution in [3.8, 4) is 5.69 Å². The maximum absolute atomic E-state index is 11.0. The lowest BCUT2D eigenvalue weighted by atomic mass is 10.3. The number of para-hydroxylation sites is 3. The van der Waals surface area contributed by atoms with Crippen LogP contribution in [0.2, 0.25) is 0 Å². The van der Waals surface area contributed by atoms with E-state index in [1.807, 2.05) is 30.3 Å². The van der Waals surface area contributed by atoms with Gasteiger partial charge in [0.15, 0.2) is 5.82 Å². The molecule has 3 aromatic rings. The minimum absolute atomic E-state index is 0.000184. The molecule has 0 aliphatic heterocycles. The molecule has 0 amide bonds. The predicted octanol–water partition coefficient (Wildman–Crippen LogP) is 2.65. The summed E-state index contributed by atoms with van der Waals surface area (Å²) < 4.78 is 1.57. The second-order valence-corrected chi connectivity index (χ2v) is 4.54. The molecule has 1 heterocycles. The Balaban J connectivity index is 1.81. The summed E-state index contributed by atoms with van der Waals surface area (Å²) in [7, 11) is 0. The molecule has 8 nitrogen and oxygen atoms in total. The van der Waals surface area contributed by atoms with Crippen molar-refractivity contribution in [1.82, 2.24) is 20.2 Å². The highest BCUT2D eigenvalue weighted by Gasteiger charge is 2.10. The number of aromatic nitrogens is 4. The number of tetrazole rings is 1. The van der Waals surface area contributed by atoms with Crippen molar-refractivity contribution in [2.45, 2.75) is 0 Å². The number of rotatable bonds is 5. The zero-order valence-electron chi connectivity index (χ0n) is 11.9. The van der Waals surface area contributed by atoms with Crippen LogP contribution in [0.3, 0.4) is 0 Å². The minimum atomic E-state index is -0.440. The molecule has 0 unspecified atom stereocenters. The van der Waals surface area contributed by atoms with Crippen LogP contribution in [0.1, 0.15) is 5.82 Å². The number of hydrogen-bond acceptors (Lipinski definition) is 6. The number of benzene rings is 2. The number of nitro groups is 1. The summed E-state index contributed by atoms with van der Waals surface area (Å²) >= 11 is 0. The molecule has 0 atom stereocenters.